The summed E-state index contributed by atoms with van der Waals surface area (Å²) in [5.74, 6) is 1.73. The second-order valence-electron chi connectivity index (χ2n) is 7.89. The van der Waals surface area contributed by atoms with Crippen molar-refractivity contribution in [1.29, 1.82) is 0 Å². The van der Waals surface area contributed by atoms with Gasteiger partial charge in [0.15, 0.2) is 0 Å². The molecule has 160 valence electrons. The van der Waals surface area contributed by atoms with Crippen molar-refractivity contribution in [2.45, 2.75) is 39.2 Å². The molecule has 0 spiro atoms. The fourth-order valence-electron chi connectivity index (χ4n) is 3.89. The van der Waals surface area contributed by atoms with Crippen LogP contribution in [0.1, 0.15) is 36.6 Å². The highest BCUT2D eigenvalue weighted by molar-refractivity contribution is 5.79. The van der Waals surface area contributed by atoms with Gasteiger partial charge in [0.25, 0.3) is 0 Å². The molecule has 2 heterocycles. The summed E-state index contributed by atoms with van der Waals surface area (Å²) >= 11 is 0. The highest BCUT2D eigenvalue weighted by atomic mass is 16.5. The summed E-state index contributed by atoms with van der Waals surface area (Å²) in [6, 6.07) is 7.92. The van der Waals surface area contributed by atoms with Crippen molar-refractivity contribution in [1.82, 2.24) is 15.3 Å². The number of hydrogen-bond donors (Lipinski definition) is 1. The van der Waals surface area contributed by atoms with Gasteiger partial charge in [-0.3, -0.25) is 4.79 Å². The average Bonchev–Trinajstić information content (AvgIpc) is 2.81. The van der Waals surface area contributed by atoms with Gasteiger partial charge in [0.1, 0.15) is 5.75 Å². The summed E-state index contributed by atoms with van der Waals surface area (Å²) in [4.78, 5) is 24.2. The van der Waals surface area contributed by atoms with Crippen molar-refractivity contribution in [3.05, 3.63) is 47.3 Å². The molecule has 1 saturated heterocycles. The fourth-order valence-corrected chi connectivity index (χ4v) is 3.89. The largest absolute Gasteiger partial charge is 0.494 e. The summed E-state index contributed by atoms with van der Waals surface area (Å²) in [5.41, 5.74) is 3.25. The van der Waals surface area contributed by atoms with Gasteiger partial charge in [-0.25, -0.2) is 9.97 Å². The van der Waals surface area contributed by atoms with Gasteiger partial charge in [0.2, 0.25) is 11.9 Å². The van der Waals surface area contributed by atoms with Crippen molar-refractivity contribution in [2.75, 3.05) is 37.8 Å². The molecule has 2 aromatic rings. The molecule has 4 rings (SSSR count). The molecule has 1 aliphatic carbocycles. The van der Waals surface area contributed by atoms with E-state index in [0.29, 0.717) is 13.0 Å². The smallest absolute Gasteiger partial charge is 0.225 e. The van der Waals surface area contributed by atoms with Crippen molar-refractivity contribution in [3.63, 3.8) is 0 Å². The summed E-state index contributed by atoms with van der Waals surface area (Å²) in [6.45, 7) is 6.43. The van der Waals surface area contributed by atoms with Gasteiger partial charge in [-0.15, -0.1) is 0 Å². The number of aromatic nitrogens is 2. The Labute approximate surface area is 177 Å². The van der Waals surface area contributed by atoms with Gasteiger partial charge in [0.05, 0.1) is 19.8 Å². The first-order chi connectivity index (χ1) is 14.7. The highest BCUT2D eigenvalue weighted by Crippen LogP contribution is 2.26. The van der Waals surface area contributed by atoms with E-state index in [1.807, 2.05) is 30.5 Å². The van der Waals surface area contributed by atoms with Gasteiger partial charge in [0, 0.05) is 37.4 Å². The summed E-state index contributed by atoms with van der Waals surface area (Å²) in [6.07, 6.45) is 5.23. The van der Waals surface area contributed by atoms with E-state index in [4.69, 9.17) is 14.5 Å². The van der Waals surface area contributed by atoms with Gasteiger partial charge in [-0.2, -0.15) is 0 Å². The minimum absolute atomic E-state index is 0.0255. The molecule has 1 N–H and O–H groups in total. The highest BCUT2D eigenvalue weighted by Gasteiger charge is 2.26. The lowest BCUT2D eigenvalue weighted by atomic mass is 9.86. The van der Waals surface area contributed by atoms with E-state index in [1.54, 1.807) is 0 Å². The third-order valence-electron chi connectivity index (χ3n) is 5.67. The van der Waals surface area contributed by atoms with Crippen molar-refractivity contribution in [2.24, 2.45) is 5.92 Å². The zero-order valence-corrected chi connectivity index (χ0v) is 17.6. The van der Waals surface area contributed by atoms with Crippen LogP contribution in [0.5, 0.6) is 5.75 Å². The minimum Gasteiger partial charge on any atom is -0.494 e. The van der Waals surface area contributed by atoms with E-state index in [9.17, 15) is 4.79 Å². The Hall–Kier alpha value is -2.67. The molecule has 1 atom stereocenters. The number of benzene rings is 1. The normalized spacial score (nSPS) is 18.6. The predicted octanol–water partition coefficient (Wildman–Crippen LogP) is 2.52. The number of amides is 1. The number of nitrogens with zero attached hydrogens (tertiary/aromatic N) is 3. The zero-order chi connectivity index (χ0) is 20.8. The maximum Gasteiger partial charge on any atom is 0.225 e. The Bertz CT molecular complexity index is 850. The number of anilines is 1. The number of ether oxygens (including phenoxy) is 2. The molecule has 0 saturated carbocycles. The summed E-state index contributed by atoms with van der Waals surface area (Å²) < 4.78 is 11.0. The van der Waals surface area contributed by atoms with Crippen LogP contribution in [-0.2, 0) is 28.9 Å². The van der Waals surface area contributed by atoms with E-state index in [1.165, 1.54) is 0 Å². The number of nitrogens with one attached hydrogen (secondary N) is 1. The number of aryl methyl sites for hydroxylation is 1. The first-order valence-electron chi connectivity index (χ1n) is 10.9. The molecule has 1 aromatic heterocycles. The first-order valence-corrected chi connectivity index (χ1v) is 10.9. The topological polar surface area (TPSA) is 76.6 Å². The quantitative estimate of drug-likeness (QED) is 0.756. The molecule has 1 amide bonds. The molecule has 30 heavy (non-hydrogen) atoms. The fraction of sp³-hybridized carbons (Fsp3) is 0.522. The molecular weight excluding hydrogens is 380 g/mol. The molecule has 1 fully saturated rings. The van der Waals surface area contributed by atoms with Crippen molar-refractivity contribution >= 4 is 11.9 Å². The monoisotopic (exact) mass is 410 g/mol. The predicted molar refractivity (Wildman–Crippen MR) is 115 cm³/mol. The maximum atomic E-state index is 12.7. The molecule has 7 nitrogen and oxygen atoms in total. The zero-order valence-electron chi connectivity index (χ0n) is 17.6. The number of morpholine rings is 1. The number of hydrogen-bond acceptors (Lipinski definition) is 6. The molecule has 1 aliphatic heterocycles. The molecule has 0 unspecified atom stereocenters. The molecule has 0 bridgehead atoms. The van der Waals surface area contributed by atoms with Crippen LogP contribution >= 0.6 is 0 Å². The first kappa shape index (κ1) is 20.6. The molecule has 1 aromatic carbocycles. The molecule has 7 heteroatoms. The van der Waals surface area contributed by atoms with Crippen LogP contribution < -0.4 is 15.0 Å². The minimum atomic E-state index is -0.0255. The lowest BCUT2D eigenvalue weighted by Crippen LogP contribution is -2.38. The Morgan fingerprint density at radius 3 is 2.83 bits per heavy atom. The Morgan fingerprint density at radius 2 is 2.07 bits per heavy atom. The second-order valence-corrected chi connectivity index (χ2v) is 7.89. The number of fused-ring (bicyclic) bond motifs is 1. The molecule has 2 aliphatic rings. The van der Waals surface area contributed by atoms with Crippen molar-refractivity contribution < 1.29 is 14.3 Å². The van der Waals surface area contributed by atoms with Crippen LogP contribution in [0.2, 0.25) is 0 Å². The Morgan fingerprint density at radius 1 is 1.27 bits per heavy atom. The lowest BCUT2D eigenvalue weighted by Gasteiger charge is -2.28. The van der Waals surface area contributed by atoms with Gasteiger partial charge in [-0.05, 0) is 48.9 Å². The van der Waals surface area contributed by atoms with Gasteiger partial charge < -0.3 is 19.7 Å². The third kappa shape index (κ3) is 5.08. The van der Waals surface area contributed by atoms with Gasteiger partial charge >= 0.3 is 0 Å². The van der Waals surface area contributed by atoms with E-state index in [0.717, 1.165) is 80.7 Å². The van der Waals surface area contributed by atoms with E-state index in [-0.39, 0.29) is 11.8 Å². The molecular formula is C23H30N4O3. The van der Waals surface area contributed by atoms with Crippen LogP contribution in [0, 0.1) is 5.92 Å². The standard InChI is InChI=1S/C23H30N4O3/c1-2-11-30-20-6-3-17(4-7-20)15-24-22(28)18-5-8-21-19(14-18)16-25-23(26-21)27-9-12-29-13-10-27/h3-4,6-7,16,18H,2,5,8-15H2,1H3,(H,24,28)/t18-/m0/s1. The van der Waals surface area contributed by atoms with E-state index >= 15 is 0 Å². The third-order valence-corrected chi connectivity index (χ3v) is 5.67. The number of rotatable bonds is 7. The molecule has 0 radical (unpaired) electrons. The number of carbonyl (C=O) groups excluding carboxylic acids is 1. The number of carbonyl (C=O) groups is 1. The second kappa shape index (κ2) is 9.89. The van der Waals surface area contributed by atoms with Crippen LogP contribution in [0.25, 0.3) is 0 Å². The Kier molecular flexibility index (Phi) is 6.79. The van der Waals surface area contributed by atoms with Crippen LogP contribution in [0.15, 0.2) is 30.5 Å². The van der Waals surface area contributed by atoms with Crippen LogP contribution in [0.3, 0.4) is 0 Å². The lowest BCUT2D eigenvalue weighted by molar-refractivity contribution is -0.125. The maximum absolute atomic E-state index is 12.7. The summed E-state index contributed by atoms with van der Waals surface area (Å²) in [7, 11) is 0. The SMILES string of the molecule is CCCOc1ccc(CNC(=O)[C@H]2CCc3nc(N4CCOCC4)ncc3C2)cc1. The summed E-state index contributed by atoms with van der Waals surface area (Å²) in [5, 5.41) is 3.08. The van der Waals surface area contributed by atoms with Crippen LogP contribution in [-0.4, -0.2) is 48.8 Å². The van der Waals surface area contributed by atoms with Crippen molar-refractivity contribution in [3.8, 4) is 5.75 Å². The van der Waals surface area contributed by atoms with Crippen LogP contribution in [0.4, 0.5) is 5.95 Å². The Balaban J connectivity index is 1.30. The van der Waals surface area contributed by atoms with E-state index in [2.05, 4.69) is 22.1 Å². The average molecular weight is 411 g/mol. The van der Waals surface area contributed by atoms with Gasteiger partial charge in [-0.1, -0.05) is 19.1 Å². The van der Waals surface area contributed by atoms with E-state index < -0.39 is 0 Å².